The van der Waals surface area contributed by atoms with Gasteiger partial charge in [-0.05, 0) is 25.1 Å². The maximum Gasteiger partial charge on any atom is 0.156 e. The Morgan fingerprint density at radius 3 is 3.00 bits per heavy atom. The van der Waals surface area contributed by atoms with E-state index in [0.717, 1.165) is 28.1 Å². The van der Waals surface area contributed by atoms with Gasteiger partial charge in [0.2, 0.25) is 0 Å². The summed E-state index contributed by atoms with van der Waals surface area (Å²) < 4.78 is 1.71. The summed E-state index contributed by atoms with van der Waals surface area (Å²) in [6.07, 6.45) is 0.854. The standard InChI is InChI=1S/C21H24N8O2S/c1-11(16-9-32-10-23-16)24-19-17(21(31)27-15-8-29(2)28-18(15)19)20-25-13-4-3-12(22-5-6-30)7-14(13)26-20/h3-4,7-11,21-22,24,27,30-31H,5-6H2,1-2H3,(H,25,26)/t11-,21?/m0/s1. The van der Waals surface area contributed by atoms with Gasteiger partial charge in [0.15, 0.2) is 6.23 Å². The van der Waals surface area contributed by atoms with Gasteiger partial charge in [0.25, 0.3) is 0 Å². The molecule has 5 rings (SSSR count). The molecule has 32 heavy (non-hydrogen) atoms. The third-order valence-electron chi connectivity index (χ3n) is 5.33. The number of rotatable bonds is 7. The van der Waals surface area contributed by atoms with Crippen molar-refractivity contribution >= 4 is 45.0 Å². The summed E-state index contributed by atoms with van der Waals surface area (Å²) in [4.78, 5) is 12.5. The number of hydrogen-bond acceptors (Lipinski definition) is 9. The van der Waals surface area contributed by atoms with Gasteiger partial charge in [0, 0.05) is 30.9 Å². The zero-order chi connectivity index (χ0) is 22.2. The first kappa shape index (κ1) is 20.5. The van der Waals surface area contributed by atoms with Crippen LogP contribution in [0.15, 0.2) is 35.3 Å². The van der Waals surface area contributed by atoms with Crippen LogP contribution in [0.4, 0.5) is 11.4 Å². The van der Waals surface area contributed by atoms with Gasteiger partial charge in [-0.15, -0.1) is 11.3 Å². The third kappa shape index (κ3) is 3.70. The summed E-state index contributed by atoms with van der Waals surface area (Å²) in [6.45, 7) is 2.54. The van der Waals surface area contributed by atoms with Crippen molar-refractivity contribution in [2.45, 2.75) is 19.2 Å². The molecule has 4 aromatic rings. The largest absolute Gasteiger partial charge is 0.395 e. The van der Waals surface area contributed by atoms with E-state index in [1.54, 1.807) is 10.2 Å². The number of nitrogens with one attached hydrogen (secondary N) is 4. The smallest absolute Gasteiger partial charge is 0.156 e. The van der Waals surface area contributed by atoms with Crippen LogP contribution in [0.1, 0.15) is 30.2 Å². The molecule has 11 heteroatoms. The summed E-state index contributed by atoms with van der Waals surface area (Å²) in [6, 6.07) is 5.65. The number of nitrogens with zero attached hydrogens (tertiary/aromatic N) is 4. The second kappa shape index (κ2) is 8.26. The first-order valence-electron chi connectivity index (χ1n) is 10.3. The number of aliphatic hydroxyl groups is 2. The van der Waals surface area contributed by atoms with Gasteiger partial charge in [0.1, 0.15) is 11.5 Å². The van der Waals surface area contributed by atoms with E-state index in [9.17, 15) is 5.11 Å². The minimum Gasteiger partial charge on any atom is -0.395 e. The Bertz CT molecular complexity index is 1280. The summed E-state index contributed by atoms with van der Waals surface area (Å²) >= 11 is 1.54. The number of aromatic amines is 1. The Labute approximate surface area is 188 Å². The van der Waals surface area contributed by atoms with Gasteiger partial charge in [-0.25, -0.2) is 9.97 Å². The predicted molar refractivity (Wildman–Crippen MR) is 125 cm³/mol. The van der Waals surface area contributed by atoms with Crippen molar-refractivity contribution in [2.75, 3.05) is 23.8 Å². The molecular formula is C21H24N8O2S. The molecule has 2 atom stereocenters. The van der Waals surface area contributed by atoms with Crippen molar-refractivity contribution in [1.82, 2.24) is 30.0 Å². The van der Waals surface area contributed by atoms with E-state index in [0.29, 0.717) is 29.3 Å². The number of aliphatic hydroxyl groups excluding tert-OH is 2. The molecule has 0 fully saturated rings. The Hall–Kier alpha value is -3.41. The molecule has 0 spiro atoms. The number of thiazole rings is 1. The van der Waals surface area contributed by atoms with Crippen LogP contribution < -0.4 is 16.0 Å². The fourth-order valence-corrected chi connectivity index (χ4v) is 4.48. The minimum absolute atomic E-state index is 0.0512. The molecule has 4 heterocycles. The van der Waals surface area contributed by atoms with Crippen molar-refractivity contribution in [3.05, 3.63) is 52.5 Å². The van der Waals surface area contributed by atoms with E-state index in [1.165, 1.54) is 11.3 Å². The van der Waals surface area contributed by atoms with Crippen LogP contribution in [0, 0.1) is 0 Å². The molecule has 166 valence electrons. The quantitative estimate of drug-likeness (QED) is 0.251. The number of anilines is 2. The highest BCUT2D eigenvalue weighted by molar-refractivity contribution is 7.07. The SMILES string of the molecule is C[C@H](NC1=C(c2nc3ccc(NCCO)cc3[nH]2)C(O)Nc2cn(C)nc21)c1cscn1. The van der Waals surface area contributed by atoms with E-state index >= 15 is 0 Å². The van der Waals surface area contributed by atoms with Crippen molar-refractivity contribution in [1.29, 1.82) is 0 Å². The van der Waals surface area contributed by atoms with Crippen LogP contribution in [0.3, 0.4) is 0 Å². The summed E-state index contributed by atoms with van der Waals surface area (Å²) in [5, 5.41) is 36.4. The van der Waals surface area contributed by atoms with Gasteiger partial charge < -0.3 is 31.1 Å². The number of aryl methyl sites for hydroxylation is 1. The van der Waals surface area contributed by atoms with Gasteiger partial charge >= 0.3 is 0 Å². The molecule has 0 bridgehead atoms. The lowest BCUT2D eigenvalue weighted by molar-refractivity contribution is 0.259. The number of fused-ring (bicyclic) bond motifs is 2. The fraction of sp³-hybridized carbons (Fsp3) is 0.286. The van der Waals surface area contributed by atoms with E-state index < -0.39 is 6.23 Å². The number of imidazole rings is 1. The Morgan fingerprint density at radius 2 is 2.22 bits per heavy atom. The highest BCUT2D eigenvalue weighted by Crippen LogP contribution is 2.37. The third-order valence-corrected chi connectivity index (χ3v) is 5.94. The predicted octanol–water partition coefficient (Wildman–Crippen LogP) is 2.12. The van der Waals surface area contributed by atoms with Crippen LogP contribution >= 0.6 is 11.3 Å². The Kier molecular flexibility index (Phi) is 5.29. The monoisotopic (exact) mass is 452 g/mol. The van der Waals surface area contributed by atoms with E-state index in [1.807, 2.05) is 43.7 Å². The average Bonchev–Trinajstić information content (AvgIpc) is 3.50. The molecule has 6 N–H and O–H groups in total. The van der Waals surface area contributed by atoms with Gasteiger partial charge in [-0.3, -0.25) is 4.68 Å². The zero-order valence-corrected chi connectivity index (χ0v) is 18.4. The van der Waals surface area contributed by atoms with E-state index in [2.05, 4.69) is 31.0 Å². The lowest BCUT2D eigenvalue weighted by Crippen LogP contribution is -2.31. The minimum atomic E-state index is -0.982. The van der Waals surface area contributed by atoms with Gasteiger partial charge in [0.05, 0.1) is 51.8 Å². The summed E-state index contributed by atoms with van der Waals surface area (Å²) in [5.74, 6) is 0.545. The molecule has 1 aliphatic rings. The van der Waals surface area contributed by atoms with Gasteiger partial charge in [-0.1, -0.05) is 0 Å². The summed E-state index contributed by atoms with van der Waals surface area (Å²) in [7, 11) is 1.84. The fourth-order valence-electron chi connectivity index (χ4n) is 3.83. The Balaban J connectivity index is 1.61. The van der Waals surface area contributed by atoms with Crippen molar-refractivity contribution < 1.29 is 10.2 Å². The molecule has 10 nitrogen and oxygen atoms in total. The molecule has 1 unspecified atom stereocenters. The molecular weight excluding hydrogens is 428 g/mol. The molecule has 0 amide bonds. The first-order valence-corrected chi connectivity index (χ1v) is 11.2. The van der Waals surface area contributed by atoms with Crippen molar-refractivity contribution in [2.24, 2.45) is 7.05 Å². The number of H-pyrrole nitrogens is 1. The molecule has 1 aliphatic heterocycles. The molecule has 0 radical (unpaired) electrons. The van der Waals surface area contributed by atoms with E-state index in [4.69, 9.17) is 10.1 Å². The van der Waals surface area contributed by atoms with Crippen LogP contribution in [-0.4, -0.2) is 54.3 Å². The molecule has 0 aliphatic carbocycles. The number of aromatic nitrogens is 5. The molecule has 0 saturated carbocycles. The maximum atomic E-state index is 11.0. The topological polar surface area (TPSA) is 136 Å². The second-order valence-corrected chi connectivity index (χ2v) is 8.37. The van der Waals surface area contributed by atoms with Crippen molar-refractivity contribution in [3.63, 3.8) is 0 Å². The first-order chi connectivity index (χ1) is 15.5. The highest BCUT2D eigenvalue weighted by atomic mass is 32.1. The molecule has 1 aromatic carbocycles. The van der Waals surface area contributed by atoms with Crippen molar-refractivity contribution in [3.8, 4) is 0 Å². The lowest BCUT2D eigenvalue weighted by atomic mass is 10.0. The number of benzene rings is 1. The van der Waals surface area contributed by atoms with Crippen LogP contribution in [0.25, 0.3) is 22.3 Å². The lowest BCUT2D eigenvalue weighted by Gasteiger charge is -2.27. The van der Waals surface area contributed by atoms with Crippen LogP contribution in [0.5, 0.6) is 0 Å². The highest BCUT2D eigenvalue weighted by Gasteiger charge is 2.32. The maximum absolute atomic E-state index is 11.0. The second-order valence-electron chi connectivity index (χ2n) is 7.65. The van der Waals surface area contributed by atoms with E-state index in [-0.39, 0.29) is 12.6 Å². The van der Waals surface area contributed by atoms with Crippen LogP contribution in [-0.2, 0) is 7.05 Å². The zero-order valence-electron chi connectivity index (χ0n) is 17.6. The Morgan fingerprint density at radius 1 is 1.34 bits per heavy atom. The molecule has 0 saturated heterocycles. The molecule has 3 aromatic heterocycles. The normalized spacial score (nSPS) is 16.7. The average molecular weight is 453 g/mol. The number of hydrogen-bond donors (Lipinski definition) is 6. The van der Waals surface area contributed by atoms with Crippen LogP contribution in [0.2, 0.25) is 0 Å². The van der Waals surface area contributed by atoms with Gasteiger partial charge in [-0.2, -0.15) is 5.10 Å². The summed E-state index contributed by atoms with van der Waals surface area (Å²) in [5.41, 5.74) is 7.91.